The number of unbranched alkanes of at least 4 members (excludes halogenated alkanes) is 1. The van der Waals surface area contributed by atoms with Crippen LogP contribution in [-0.4, -0.2) is 52.8 Å². The fraction of sp³-hybridized carbons (Fsp3) is 0.517. The van der Waals surface area contributed by atoms with Crippen molar-refractivity contribution in [2.45, 2.75) is 70.5 Å². The van der Waals surface area contributed by atoms with Gasteiger partial charge < -0.3 is 15.1 Å². The highest BCUT2D eigenvalue weighted by Crippen LogP contribution is 2.35. The first kappa shape index (κ1) is 24.5. The molecule has 0 bridgehead atoms. The number of carbonyl (C=O) groups excluding carboxylic acids is 2. The first-order chi connectivity index (χ1) is 16.5. The van der Waals surface area contributed by atoms with Gasteiger partial charge in [0.1, 0.15) is 11.6 Å². The van der Waals surface area contributed by atoms with Gasteiger partial charge in [0.2, 0.25) is 11.8 Å². The van der Waals surface area contributed by atoms with E-state index in [-0.39, 0.29) is 11.8 Å². The Labute approximate surface area is 204 Å². The largest absolute Gasteiger partial charge is 0.342 e. The zero-order chi connectivity index (χ0) is 24.0. The molecule has 2 aromatic carbocycles. The second-order valence-corrected chi connectivity index (χ2v) is 10.4. The number of nitrogens with one attached hydrogen (secondary N) is 1. The summed E-state index contributed by atoms with van der Waals surface area (Å²) in [6, 6.07) is 20.3. The number of nitrogens with zero attached hydrogens (tertiary/aromatic N) is 2. The number of piperidine rings is 1. The minimum Gasteiger partial charge on any atom is -0.342 e. The number of carbonyl (C=O) groups is 2. The molecule has 1 spiro atoms. The van der Waals surface area contributed by atoms with Crippen molar-refractivity contribution < 1.29 is 9.59 Å². The lowest BCUT2D eigenvalue weighted by molar-refractivity contribution is -0.162. The summed E-state index contributed by atoms with van der Waals surface area (Å²) in [6.07, 6.45) is 5.50. The van der Waals surface area contributed by atoms with Crippen molar-refractivity contribution in [1.82, 2.24) is 15.1 Å². The van der Waals surface area contributed by atoms with Crippen LogP contribution in [0.2, 0.25) is 0 Å². The predicted octanol–water partition coefficient (Wildman–Crippen LogP) is 4.42. The number of hydrogen-bond acceptors (Lipinski definition) is 3. The highest BCUT2D eigenvalue weighted by Gasteiger charge is 2.53. The van der Waals surface area contributed by atoms with Gasteiger partial charge in [-0.25, -0.2) is 0 Å². The second kappa shape index (κ2) is 11.2. The van der Waals surface area contributed by atoms with E-state index in [1.165, 1.54) is 12.0 Å². The normalized spacial score (nSPS) is 20.7. The lowest BCUT2D eigenvalue weighted by Crippen LogP contribution is -2.72. The lowest BCUT2D eigenvalue weighted by Gasteiger charge is -2.52. The Hall–Kier alpha value is -2.66. The molecule has 4 rings (SSSR count). The Kier molecular flexibility index (Phi) is 8.04. The molecule has 34 heavy (non-hydrogen) atoms. The molecule has 1 atom stereocenters. The molecule has 5 nitrogen and oxygen atoms in total. The monoisotopic (exact) mass is 461 g/mol. The van der Waals surface area contributed by atoms with Crippen LogP contribution in [0.25, 0.3) is 0 Å². The van der Waals surface area contributed by atoms with Crippen LogP contribution in [0.15, 0.2) is 60.7 Å². The average Bonchev–Trinajstić information content (AvgIpc) is 2.85. The summed E-state index contributed by atoms with van der Waals surface area (Å²) < 4.78 is 0. The molecule has 2 saturated heterocycles. The van der Waals surface area contributed by atoms with Gasteiger partial charge in [-0.05, 0) is 62.1 Å². The highest BCUT2D eigenvalue weighted by molar-refractivity contribution is 6.00. The van der Waals surface area contributed by atoms with Gasteiger partial charge in [-0.2, -0.15) is 0 Å². The maximum absolute atomic E-state index is 13.6. The molecule has 0 aliphatic carbocycles. The van der Waals surface area contributed by atoms with E-state index in [2.05, 4.69) is 54.4 Å². The Morgan fingerprint density at radius 2 is 1.53 bits per heavy atom. The molecule has 0 unspecified atom stereocenters. The Bertz CT molecular complexity index is 936. The number of hydrogen-bond donors (Lipinski definition) is 1. The molecule has 2 aromatic rings. The molecule has 2 aliphatic heterocycles. The van der Waals surface area contributed by atoms with Crippen LogP contribution in [0, 0.1) is 5.92 Å². The first-order valence-electron chi connectivity index (χ1n) is 12.9. The van der Waals surface area contributed by atoms with Crippen molar-refractivity contribution in [2.75, 3.05) is 19.6 Å². The van der Waals surface area contributed by atoms with E-state index >= 15 is 0 Å². The van der Waals surface area contributed by atoms with Crippen molar-refractivity contribution >= 4 is 11.8 Å². The van der Waals surface area contributed by atoms with Crippen molar-refractivity contribution in [1.29, 1.82) is 0 Å². The smallest absolute Gasteiger partial charge is 0.246 e. The maximum Gasteiger partial charge on any atom is 0.246 e. The Morgan fingerprint density at radius 1 is 0.912 bits per heavy atom. The van der Waals surface area contributed by atoms with Gasteiger partial charge in [0.25, 0.3) is 0 Å². The predicted molar refractivity (Wildman–Crippen MR) is 136 cm³/mol. The fourth-order valence-electron chi connectivity index (χ4n) is 5.46. The van der Waals surface area contributed by atoms with Crippen LogP contribution in [-0.2, 0) is 22.6 Å². The topological polar surface area (TPSA) is 52.7 Å². The molecule has 2 heterocycles. The number of likely N-dealkylation sites (tertiary alicyclic amines) is 1. The summed E-state index contributed by atoms with van der Waals surface area (Å²) in [5.74, 6) is 0.463. The SMILES string of the molecule is CC(C)C[C@@H]1NC(=O)C2(CCN(CCCCc3ccccc3)CC2)N(Cc2ccccc2)C1=O. The highest BCUT2D eigenvalue weighted by atomic mass is 16.2. The number of amides is 2. The summed E-state index contributed by atoms with van der Waals surface area (Å²) >= 11 is 0. The van der Waals surface area contributed by atoms with Gasteiger partial charge in [-0.3, -0.25) is 9.59 Å². The van der Waals surface area contributed by atoms with Gasteiger partial charge >= 0.3 is 0 Å². The second-order valence-electron chi connectivity index (χ2n) is 10.4. The Balaban J connectivity index is 1.39. The number of piperazine rings is 1. The molecule has 182 valence electrons. The van der Waals surface area contributed by atoms with E-state index < -0.39 is 11.6 Å². The van der Waals surface area contributed by atoms with Crippen molar-refractivity contribution in [3.05, 3.63) is 71.8 Å². The van der Waals surface area contributed by atoms with E-state index in [4.69, 9.17) is 0 Å². The van der Waals surface area contributed by atoms with E-state index in [0.717, 1.165) is 38.0 Å². The van der Waals surface area contributed by atoms with E-state index in [0.29, 0.717) is 31.7 Å². The summed E-state index contributed by atoms with van der Waals surface area (Å²) in [4.78, 5) is 31.5. The third-order valence-electron chi connectivity index (χ3n) is 7.42. The van der Waals surface area contributed by atoms with Crippen molar-refractivity contribution in [2.24, 2.45) is 5.92 Å². The quantitative estimate of drug-likeness (QED) is 0.563. The molecule has 0 aromatic heterocycles. The molecular formula is C29H39N3O2. The van der Waals surface area contributed by atoms with E-state index in [1.54, 1.807) is 0 Å². The summed E-state index contributed by atoms with van der Waals surface area (Å²) in [6.45, 7) is 7.45. The third-order valence-corrected chi connectivity index (χ3v) is 7.42. The van der Waals surface area contributed by atoms with Crippen molar-refractivity contribution in [3.63, 3.8) is 0 Å². The lowest BCUT2D eigenvalue weighted by atomic mass is 9.80. The van der Waals surface area contributed by atoms with Crippen LogP contribution >= 0.6 is 0 Å². The van der Waals surface area contributed by atoms with Crippen LogP contribution in [0.4, 0.5) is 0 Å². The van der Waals surface area contributed by atoms with E-state index in [1.807, 2.05) is 35.2 Å². The average molecular weight is 462 g/mol. The summed E-state index contributed by atoms with van der Waals surface area (Å²) in [7, 11) is 0. The molecule has 0 radical (unpaired) electrons. The molecule has 2 aliphatic rings. The maximum atomic E-state index is 13.6. The molecular weight excluding hydrogens is 422 g/mol. The standard InChI is InChI=1S/C29H39N3O2/c1-23(2)21-26-27(33)32(22-25-14-7-4-8-15-25)29(28(34)30-26)16-19-31(20-17-29)18-10-9-13-24-11-5-3-6-12-24/h3-8,11-12,14-15,23,26H,9-10,13,16-22H2,1-2H3,(H,30,34)/t26-/m0/s1. The molecule has 2 fully saturated rings. The van der Waals surface area contributed by atoms with Crippen LogP contribution < -0.4 is 5.32 Å². The minimum atomic E-state index is -0.735. The molecule has 5 heteroatoms. The van der Waals surface area contributed by atoms with Crippen LogP contribution in [0.1, 0.15) is 57.1 Å². The summed E-state index contributed by atoms with van der Waals surface area (Å²) in [5, 5.41) is 3.11. The molecule has 1 N–H and O–H groups in total. The molecule has 0 saturated carbocycles. The summed E-state index contributed by atoms with van der Waals surface area (Å²) in [5.41, 5.74) is 1.74. The van der Waals surface area contributed by atoms with Gasteiger partial charge in [0.15, 0.2) is 0 Å². The zero-order valence-electron chi connectivity index (χ0n) is 20.7. The van der Waals surface area contributed by atoms with Crippen LogP contribution in [0.3, 0.4) is 0 Å². The number of rotatable bonds is 9. The number of benzene rings is 2. The van der Waals surface area contributed by atoms with Gasteiger partial charge in [-0.15, -0.1) is 0 Å². The third kappa shape index (κ3) is 5.69. The fourth-order valence-corrected chi connectivity index (χ4v) is 5.46. The molecule has 2 amide bonds. The zero-order valence-corrected chi connectivity index (χ0v) is 20.7. The van der Waals surface area contributed by atoms with E-state index in [9.17, 15) is 9.59 Å². The van der Waals surface area contributed by atoms with Gasteiger partial charge in [0, 0.05) is 19.6 Å². The minimum absolute atomic E-state index is 0.0393. The first-order valence-corrected chi connectivity index (χ1v) is 12.9. The number of aryl methyl sites for hydroxylation is 1. The Morgan fingerprint density at radius 3 is 2.15 bits per heavy atom. The van der Waals surface area contributed by atoms with Crippen molar-refractivity contribution in [3.8, 4) is 0 Å². The van der Waals surface area contributed by atoms with Gasteiger partial charge in [0.05, 0.1) is 0 Å². The van der Waals surface area contributed by atoms with Crippen LogP contribution in [0.5, 0.6) is 0 Å². The van der Waals surface area contributed by atoms with Gasteiger partial charge in [-0.1, -0.05) is 74.5 Å².